The van der Waals surface area contributed by atoms with Gasteiger partial charge in [-0.15, -0.1) is 0 Å². The number of aromatic nitrogens is 1. The van der Waals surface area contributed by atoms with Gasteiger partial charge in [0.05, 0.1) is 11.8 Å². The molecule has 0 saturated heterocycles. The molecular formula is C15H11NO2. The molecule has 0 saturated carbocycles. The third-order valence-corrected chi connectivity index (χ3v) is 3.12. The Labute approximate surface area is 104 Å². The van der Waals surface area contributed by atoms with Gasteiger partial charge in [-0.2, -0.15) is 0 Å². The quantitative estimate of drug-likeness (QED) is 0.816. The van der Waals surface area contributed by atoms with Crippen LogP contribution in [0.2, 0.25) is 0 Å². The Hall–Kier alpha value is -2.26. The molecule has 18 heavy (non-hydrogen) atoms. The summed E-state index contributed by atoms with van der Waals surface area (Å²) in [5.41, 5.74) is 3.77. The molecule has 0 fully saturated rings. The second kappa shape index (κ2) is 4.20. The monoisotopic (exact) mass is 237 g/mol. The molecule has 1 heterocycles. The lowest BCUT2D eigenvalue weighted by atomic mass is 10.0. The van der Waals surface area contributed by atoms with Crippen LogP contribution in [-0.2, 0) is 0 Å². The predicted molar refractivity (Wildman–Crippen MR) is 68.1 cm³/mol. The van der Waals surface area contributed by atoms with Gasteiger partial charge in [0, 0.05) is 17.3 Å². The fourth-order valence-electron chi connectivity index (χ4n) is 2.28. The standard InChI is InChI=1S/C15H11NO2/c17-9-10-4-3-7-16-15(10)13-8-14(18)12-6-2-1-5-11(12)13/h1-9,14,18H. The summed E-state index contributed by atoms with van der Waals surface area (Å²) >= 11 is 0. The Balaban J connectivity index is 2.20. The molecule has 88 valence electrons. The predicted octanol–water partition coefficient (Wildman–Crippen LogP) is 2.37. The zero-order valence-corrected chi connectivity index (χ0v) is 9.58. The first-order chi connectivity index (χ1) is 8.81. The van der Waals surface area contributed by atoms with E-state index in [0.717, 1.165) is 23.0 Å². The highest BCUT2D eigenvalue weighted by Crippen LogP contribution is 2.37. The molecule has 0 aliphatic heterocycles. The van der Waals surface area contributed by atoms with Crippen molar-refractivity contribution in [2.45, 2.75) is 6.10 Å². The van der Waals surface area contributed by atoms with E-state index in [9.17, 15) is 9.90 Å². The third kappa shape index (κ3) is 1.57. The Morgan fingerprint density at radius 1 is 1.17 bits per heavy atom. The Morgan fingerprint density at radius 2 is 2.00 bits per heavy atom. The van der Waals surface area contributed by atoms with Crippen molar-refractivity contribution >= 4 is 11.9 Å². The fraction of sp³-hybridized carbons (Fsp3) is 0.0667. The van der Waals surface area contributed by atoms with Crippen molar-refractivity contribution in [3.8, 4) is 0 Å². The number of nitrogens with zero attached hydrogens (tertiary/aromatic N) is 1. The van der Waals surface area contributed by atoms with Crippen molar-refractivity contribution in [3.05, 3.63) is 71.1 Å². The van der Waals surface area contributed by atoms with E-state index in [1.54, 1.807) is 24.4 Å². The summed E-state index contributed by atoms with van der Waals surface area (Å²) in [5.74, 6) is 0. The number of carbonyl (C=O) groups is 1. The smallest absolute Gasteiger partial charge is 0.152 e. The zero-order chi connectivity index (χ0) is 12.5. The maximum absolute atomic E-state index is 11.0. The van der Waals surface area contributed by atoms with Gasteiger partial charge in [-0.1, -0.05) is 24.3 Å². The molecule has 1 aromatic heterocycles. The first kappa shape index (κ1) is 10.9. The van der Waals surface area contributed by atoms with Gasteiger partial charge in [0.2, 0.25) is 0 Å². The summed E-state index contributed by atoms with van der Waals surface area (Å²) in [6.07, 6.45) is 3.55. The number of pyridine rings is 1. The van der Waals surface area contributed by atoms with Crippen molar-refractivity contribution in [1.29, 1.82) is 0 Å². The van der Waals surface area contributed by atoms with E-state index in [0.29, 0.717) is 11.3 Å². The molecule has 0 bridgehead atoms. The minimum Gasteiger partial charge on any atom is -0.384 e. The minimum absolute atomic E-state index is 0.535. The zero-order valence-electron chi connectivity index (χ0n) is 9.58. The summed E-state index contributed by atoms with van der Waals surface area (Å²) < 4.78 is 0. The van der Waals surface area contributed by atoms with E-state index < -0.39 is 6.10 Å². The molecule has 2 aromatic rings. The van der Waals surface area contributed by atoms with Gasteiger partial charge >= 0.3 is 0 Å². The van der Waals surface area contributed by atoms with Gasteiger partial charge in [-0.25, -0.2) is 0 Å². The van der Waals surface area contributed by atoms with Gasteiger partial charge in [0.25, 0.3) is 0 Å². The SMILES string of the molecule is O=Cc1cccnc1C1=CC(O)c2ccccc21. The largest absolute Gasteiger partial charge is 0.384 e. The number of hydrogen-bond donors (Lipinski definition) is 1. The molecular weight excluding hydrogens is 226 g/mol. The van der Waals surface area contributed by atoms with E-state index in [4.69, 9.17) is 0 Å². The number of benzene rings is 1. The molecule has 3 nitrogen and oxygen atoms in total. The number of carbonyl (C=O) groups excluding carboxylic acids is 1. The molecule has 1 aliphatic carbocycles. The number of aliphatic hydroxyl groups excluding tert-OH is 1. The van der Waals surface area contributed by atoms with Gasteiger partial charge in [0.1, 0.15) is 0 Å². The molecule has 1 aliphatic rings. The Kier molecular flexibility index (Phi) is 2.54. The number of fused-ring (bicyclic) bond motifs is 1. The van der Waals surface area contributed by atoms with Crippen LogP contribution in [0.15, 0.2) is 48.7 Å². The van der Waals surface area contributed by atoms with Gasteiger partial charge in [0.15, 0.2) is 6.29 Å². The molecule has 1 aromatic carbocycles. The van der Waals surface area contributed by atoms with E-state index in [-0.39, 0.29) is 0 Å². The van der Waals surface area contributed by atoms with Crippen molar-refractivity contribution in [2.24, 2.45) is 0 Å². The first-order valence-electron chi connectivity index (χ1n) is 5.71. The highest BCUT2D eigenvalue weighted by Gasteiger charge is 2.23. The van der Waals surface area contributed by atoms with Crippen molar-refractivity contribution < 1.29 is 9.90 Å². The van der Waals surface area contributed by atoms with Crippen molar-refractivity contribution in [3.63, 3.8) is 0 Å². The second-order valence-corrected chi connectivity index (χ2v) is 4.17. The lowest BCUT2D eigenvalue weighted by molar-refractivity contribution is 0.112. The highest BCUT2D eigenvalue weighted by molar-refractivity contribution is 5.91. The van der Waals surface area contributed by atoms with Crippen LogP contribution in [0.5, 0.6) is 0 Å². The van der Waals surface area contributed by atoms with Gasteiger partial charge in [-0.05, 0) is 29.3 Å². The van der Waals surface area contributed by atoms with Crippen LogP contribution in [0.4, 0.5) is 0 Å². The topological polar surface area (TPSA) is 50.2 Å². The summed E-state index contributed by atoms with van der Waals surface area (Å²) in [7, 11) is 0. The first-order valence-corrected chi connectivity index (χ1v) is 5.71. The average molecular weight is 237 g/mol. The molecule has 3 rings (SSSR count). The Bertz CT molecular complexity index is 646. The summed E-state index contributed by atoms with van der Waals surface area (Å²) in [6, 6.07) is 11.1. The van der Waals surface area contributed by atoms with E-state index in [1.165, 1.54) is 0 Å². The molecule has 1 N–H and O–H groups in total. The summed E-state index contributed by atoms with van der Waals surface area (Å²) in [5, 5.41) is 9.98. The lowest BCUT2D eigenvalue weighted by Crippen LogP contribution is -1.96. The molecule has 0 spiro atoms. The molecule has 1 unspecified atom stereocenters. The highest BCUT2D eigenvalue weighted by atomic mass is 16.3. The molecule has 1 atom stereocenters. The maximum atomic E-state index is 11.0. The van der Waals surface area contributed by atoms with Gasteiger partial charge in [-0.3, -0.25) is 9.78 Å². The lowest BCUT2D eigenvalue weighted by Gasteiger charge is -2.07. The maximum Gasteiger partial charge on any atom is 0.152 e. The van der Waals surface area contributed by atoms with Crippen LogP contribution >= 0.6 is 0 Å². The molecule has 3 heteroatoms. The summed E-state index contributed by atoms with van der Waals surface area (Å²) in [6.45, 7) is 0. The normalized spacial score (nSPS) is 17.2. The number of aldehydes is 1. The summed E-state index contributed by atoms with van der Waals surface area (Å²) in [4.78, 5) is 15.3. The minimum atomic E-state index is -0.627. The number of hydrogen-bond acceptors (Lipinski definition) is 3. The molecule has 0 amide bonds. The van der Waals surface area contributed by atoms with E-state index in [2.05, 4.69) is 4.98 Å². The van der Waals surface area contributed by atoms with Crippen LogP contribution in [0.25, 0.3) is 5.57 Å². The average Bonchev–Trinajstić information content (AvgIpc) is 2.77. The van der Waals surface area contributed by atoms with Crippen LogP contribution in [-0.4, -0.2) is 16.4 Å². The second-order valence-electron chi connectivity index (χ2n) is 4.17. The van der Waals surface area contributed by atoms with Gasteiger partial charge < -0.3 is 5.11 Å². The Morgan fingerprint density at radius 3 is 2.83 bits per heavy atom. The fourth-order valence-corrected chi connectivity index (χ4v) is 2.28. The van der Waals surface area contributed by atoms with Crippen molar-refractivity contribution in [2.75, 3.05) is 0 Å². The van der Waals surface area contributed by atoms with Crippen molar-refractivity contribution in [1.82, 2.24) is 4.98 Å². The van der Waals surface area contributed by atoms with E-state index in [1.807, 2.05) is 24.3 Å². The number of rotatable bonds is 2. The van der Waals surface area contributed by atoms with Crippen LogP contribution in [0.1, 0.15) is 33.3 Å². The van der Waals surface area contributed by atoms with Crippen LogP contribution in [0, 0.1) is 0 Å². The third-order valence-electron chi connectivity index (χ3n) is 3.12. The van der Waals surface area contributed by atoms with Crippen LogP contribution < -0.4 is 0 Å². The molecule has 0 radical (unpaired) electrons. The van der Waals surface area contributed by atoms with E-state index >= 15 is 0 Å². The van der Waals surface area contributed by atoms with Crippen LogP contribution in [0.3, 0.4) is 0 Å². The number of aliphatic hydroxyl groups is 1.